The topological polar surface area (TPSA) is 84.5 Å². The van der Waals surface area contributed by atoms with Gasteiger partial charge < -0.3 is 15.4 Å². The normalized spacial score (nSPS) is 15.8. The van der Waals surface area contributed by atoms with Crippen LogP contribution in [0.15, 0.2) is 52.3 Å². The maximum Gasteiger partial charge on any atom is 0.329 e. The zero-order valence-corrected chi connectivity index (χ0v) is 16.6. The summed E-state index contributed by atoms with van der Waals surface area (Å²) in [5, 5.41) is 5.20. The van der Waals surface area contributed by atoms with Gasteiger partial charge in [0.2, 0.25) is 5.91 Å². The molecule has 0 radical (unpaired) electrons. The number of amides is 2. The third-order valence-corrected chi connectivity index (χ3v) is 5.47. The lowest BCUT2D eigenvalue weighted by Gasteiger charge is -2.11. The lowest BCUT2D eigenvalue weighted by molar-refractivity contribution is -0.149. The van der Waals surface area contributed by atoms with Gasteiger partial charge in [-0.3, -0.25) is 9.59 Å². The van der Waals surface area contributed by atoms with Crippen molar-refractivity contribution in [1.82, 2.24) is 5.32 Å². The van der Waals surface area contributed by atoms with E-state index in [0.29, 0.717) is 18.5 Å². The third-order valence-electron chi connectivity index (χ3n) is 4.48. The molecule has 2 N–H and O–H groups in total. The van der Waals surface area contributed by atoms with E-state index in [1.807, 2.05) is 12.1 Å². The summed E-state index contributed by atoms with van der Waals surface area (Å²) in [7, 11) is 0. The van der Waals surface area contributed by atoms with Gasteiger partial charge in [0, 0.05) is 21.9 Å². The highest BCUT2D eigenvalue weighted by molar-refractivity contribution is 7.99. The van der Waals surface area contributed by atoms with Gasteiger partial charge in [0.1, 0.15) is 6.04 Å². The van der Waals surface area contributed by atoms with Crippen LogP contribution in [0.2, 0.25) is 0 Å². The van der Waals surface area contributed by atoms with Crippen molar-refractivity contribution in [3.8, 4) is 0 Å². The third kappa shape index (κ3) is 5.36. The second kappa shape index (κ2) is 8.93. The van der Waals surface area contributed by atoms with Gasteiger partial charge in [-0.25, -0.2) is 4.79 Å². The molecule has 0 spiro atoms. The molecular formula is C21H22N2O4S. The van der Waals surface area contributed by atoms with E-state index in [2.05, 4.69) is 42.7 Å². The molecular weight excluding hydrogens is 376 g/mol. The molecule has 2 aromatic carbocycles. The number of carbonyl (C=O) groups is 3. The summed E-state index contributed by atoms with van der Waals surface area (Å²) in [4.78, 5) is 37.1. The first-order chi connectivity index (χ1) is 13.4. The molecule has 0 bridgehead atoms. The van der Waals surface area contributed by atoms with E-state index < -0.39 is 17.9 Å². The van der Waals surface area contributed by atoms with Gasteiger partial charge in [-0.05, 0) is 67.8 Å². The highest BCUT2D eigenvalue weighted by Crippen LogP contribution is 2.29. The van der Waals surface area contributed by atoms with Gasteiger partial charge in [-0.2, -0.15) is 0 Å². The molecule has 7 heteroatoms. The summed E-state index contributed by atoms with van der Waals surface area (Å²) in [5.41, 5.74) is 3.14. The van der Waals surface area contributed by atoms with Crippen molar-refractivity contribution in [1.29, 1.82) is 0 Å². The van der Waals surface area contributed by atoms with Crippen LogP contribution in [-0.4, -0.2) is 30.4 Å². The standard InChI is InChI=1S/C21H22N2O4S/c1-13-3-6-17(11-14(13)2)28-16-7-4-15(5-8-16)22-20(25)12-27-21(26)18-9-10-19(24)23-18/h3-8,11,18H,9-10,12H2,1-2H3,(H,22,25)(H,23,24)/t18-/m0/s1. The Kier molecular flexibility index (Phi) is 6.36. The van der Waals surface area contributed by atoms with E-state index in [1.54, 1.807) is 23.9 Å². The molecule has 3 rings (SSSR count). The van der Waals surface area contributed by atoms with Crippen molar-refractivity contribution < 1.29 is 19.1 Å². The van der Waals surface area contributed by atoms with E-state index in [1.165, 1.54) is 11.1 Å². The summed E-state index contributed by atoms with van der Waals surface area (Å²) in [6.45, 7) is 3.79. The first-order valence-electron chi connectivity index (χ1n) is 9.02. The molecule has 1 heterocycles. The fourth-order valence-corrected chi connectivity index (χ4v) is 3.66. The second-order valence-electron chi connectivity index (χ2n) is 6.69. The molecule has 28 heavy (non-hydrogen) atoms. The second-order valence-corrected chi connectivity index (χ2v) is 7.83. The number of hydrogen-bond acceptors (Lipinski definition) is 5. The van der Waals surface area contributed by atoms with Crippen LogP contribution in [0, 0.1) is 13.8 Å². The molecule has 1 atom stereocenters. The molecule has 146 valence electrons. The Bertz CT molecular complexity index is 896. The highest BCUT2D eigenvalue weighted by atomic mass is 32.2. The Morgan fingerprint density at radius 3 is 2.46 bits per heavy atom. The fourth-order valence-electron chi connectivity index (χ4n) is 2.75. The van der Waals surface area contributed by atoms with Crippen molar-refractivity contribution in [2.45, 2.75) is 42.5 Å². The molecule has 6 nitrogen and oxygen atoms in total. The molecule has 2 amide bonds. The van der Waals surface area contributed by atoms with Gasteiger partial charge in [-0.15, -0.1) is 0 Å². The van der Waals surface area contributed by atoms with E-state index in [9.17, 15) is 14.4 Å². The van der Waals surface area contributed by atoms with Gasteiger partial charge in [0.05, 0.1) is 0 Å². The zero-order chi connectivity index (χ0) is 20.1. The van der Waals surface area contributed by atoms with E-state index in [4.69, 9.17) is 4.74 Å². The van der Waals surface area contributed by atoms with Crippen LogP contribution in [-0.2, 0) is 19.1 Å². The van der Waals surface area contributed by atoms with Crippen LogP contribution < -0.4 is 10.6 Å². The number of nitrogens with one attached hydrogen (secondary N) is 2. The Morgan fingerprint density at radius 1 is 1.11 bits per heavy atom. The summed E-state index contributed by atoms with van der Waals surface area (Å²) in [6, 6.07) is 13.2. The first-order valence-corrected chi connectivity index (χ1v) is 9.83. The Hall–Kier alpha value is -2.80. The molecule has 2 aromatic rings. The van der Waals surface area contributed by atoms with Gasteiger partial charge in [0.25, 0.3) is 5.91 Å². The smallest absolute Gasteiger partial charge is 0.329 e. The fraction of sp³-hybridized carbons (Fsp3) is 0.286. The Morgan fingerprint density at radius 2 is 1.82 bits per heavy atom. The summed E-state index contributed by atoms with van der Waals surface area (Å²) in [6.07, 6.45) is 0.706. The zero-order valence-electron chi connectivity index (χ0n) is 15.8. The number of benzene rings is 2. The summed E-state index contributed by atoms with van der Waals surface area (Å²) in [5.74, 6) is -1.18. The van der Waals surface area contributed by atoms with Crippen LogP contribution in [0.25, 0.3) is 0 Å². The average molecular weight is 398 g/mol. The summed E-state index contributed by atoms with van der Waals surface area (Å²) < 4.78 is 4.96. The lowest BCUT2D eigenvalue weighted by atomic mass is 10.1. The molecule has 1 aliphatic heterocycles. The number of rotatable bonds is 6. The SMILES string of the molecule is Cc1ccc(Sc2ccc(NC(=O)COC(=O)[C@@H]3CCC(=O)N3)cc2)cc1C. The minimum atomic E-state index is -0.651. The molecule has 1 aliphatic rings. The quantitative estimate of drug-likeness (QED) is 0.730. The molecule has 0 unspecified atom stereocenters. The van der Waals surface area contributed by atoms with Crippen LogP contribution in [0.5, 0.6) is 0 Å². The predicted molar refractivity (Wildman–Crippen MR) is 107 cm³/mol. The number of ether oxygens (including phenoxy) is 1. The van der Waals surface area contributed by atoms with Gasteiger partial charge >= 0.3 is 5.97 Å². The molecule has 0 aromatic heterocycles. The Labute approximate surface area is 168 Å². The summed E-state index contributed by atoms with van der Waals surface area (Å²) >= 11 is 1.65. The number of carbonyl (C=O) groups excluding carboxylic acids is 3. The first kappa shape index (κ1) is 19.9. The Balaban J connectivity index is 1.48. The van der Waals surface area contributed by atoms with Crippen molar-refractivity contribution in [2.24, 2.45) is 0 Å². The molecule has 1 saturated heterocycles. The van der Waals surface area contributed by atoms with E-state index in [-0.39, 0.29) is 12.5 Å². The highest BCUT2D eigenvalue weighted by Gasteiger charge is 2.28. The van der Waals surface area contributed by atoms with E-state index >= 15 is 0 Å². The maximum atomic E-state index is 12.0. The van der Waals surface area contributed by atoms with Gasteiger partial charge in [0.15, 0.2) is 6.61 Å². The van der Waals surface area contributed by atoms with Crippen molar-refractivity contribution in [3.63, 3.8) is 0 Å². The molecule has 1 fully saturated rings. The molecule has 0 aliphatic carbocycles. The van der Waals surface area contributed by atoms with Gasteiger partial charge in [-0.1, -0.05) is 17.8 Å². The maximum absolute atomic E-state index is 12.0. The number of esters is 1. The lowest BCUT2D eigenvalue weighted by Crippen LogP contribution is -2.36. The largest absolute Gasteiger partial charge is 0.454 e. The van der Waals surface area contributed by atoms with Crippen molar-refractivity contribution >= 4 is 35.2 Å². The van der Waals surface area contributed by atoms with Crippen molar-refractivity contribution in [3.05, 3.63) is 53.6 Å². The predicted octanol–water partition coefficient (Wildman–Crippen LogP) is 3.21. The number of anilines is 1. The average Bonchev–Trinajstić information content (AvgIpc) is 3.11. The monoisotopic (exact) mass is 398 g/mol. The van der Waals surface area contributed by atoms with Crippen LogP contribution in [0.3, 0.4) is 0 Å². The number of aryl methyl sites for hydroxylation is 2. The van der Waals surface area contributed by atoms with Crippen LogP contribution in [0.1, 0.15) is 24.0 Å². The van der Waals surface area contributed by atoms with Crippen molar-refractivity contribution in [2.75, 3.05) is 11.9 Å². The number of hydrogen-bond donors (Lipinski definition) is 2. The van der Waals surface area contributed by atoms with Crippen LogP contribution >= 0.6 is 11.8 Å². The molecule has 0 saturated carbocycles. The van der Waals surface area contributed by atoms with E-state index in [0.717, 1.165) is 9.79 Å². The van der Waals surface area contributed by atoms with Crippen LogP contribution in [0.4, 0.5) is 5.69 Å². The minimum absolute atomic E-state index is 0.176. The minimum Gasteiger partial charge on any atom is -0.454 e.